The third-order valence-electron chi connectivity index (χ3n) is 0.821. The van der Waals surface area contributed by atoms with Crippen LogP contribution in [0.15, 0.2) is 12.3 Å². The van der Waals surface area contributed by atoms with Gasteiger partial charge in [0, 0.05) is 6.20 Å². The summed E-state index contributed by atoms with van der Waals surface area (Å²) in [4.78, 5) is 0. The molecule has 0 atom stereocenters. The number of hydrogen-bond donors (Lipinski definition) is 0. The van der Waals surface area contributed by atoms with Gasteiger partial charge in [0.15, 0.2) is 0 Å². The first-order valence-corrected chi connectivity index (χ1v) is 2.39. The molecule has 0 aromatic carbocycles. The minimum absolute atomic E-state index is 0.337. The molecular formula is C5H6FN2. The summed E-state index contributed by atoms with van der Waals surface area (Å²) in [5, 5.41) is 3.66. The summed E-state index contributed by atoms with van der Waals surface area (Å²) >= 11 is 0. The molecule has 0 aliphatic heterocycles. The summed E-state index contributed by atoms with van der Waals surface area (Å²) in [6, 6.07) is 1.65. The zero-order valence-electron chi connectivity index (χ0n) is 4.34. The van der Waals surface area contributed by atoms with Crippen LogP contribution in [0.2, 0.25) is 0 Å². The second-order valence-corrected chi connectivity index (χ2v) is 1.40. The molecule has 1 aromatic rings. The molecule has 2 nitrogen and oxygen atoms in total. The van der Waals surface area contributed by atoms with Crippen molar-refractivity contribution >= 4 is 0 Å². The SMILES string of the molecule is FCCn1cc[c]n1. The van der Waals surface area contributed by atoms with Gasteiger partial charge in [-0.15, -0.1) is 0 Å². The summed E-state index contributed by atoms with van der Waals surface area (Å²) in [7, 11) is 0. The Balaban J connectivity index is 2.50. The van der Waals surface area contributed by atoms with Gasteiger partial charge in [0.25, 0.3) is 0 Å². The molecule has 43 valence electrons. The number of aromatic nitrogens is 2. The van der Waals surface area contributed by atoms with E-state index in [1.165, 1.54) is 4.68 Å². The lowest BCUT2D eigenvalue weighted by atomic mass is 10.7. The van der Waals surface area contributed by atoms with Crippen LogP contribution in [0.4, 0.5) is 4.39 Å². The van der Waals surface area contributed by atoms with Crippen LogP contribution in [0, 0.1) is 6.20 Å². The van der Waals surface area contributed by atoms with E-state index >= 15 is 0 Å². The van der Waals surface area contributed by atoms with Crippen molar-refractivity contribution in [2.45, 2.75) is 6.54 Å². The first kappa shape index (κ1) is 5.28. The van der Waals surface area contributed by atoms with E-state index in [0.29, 0.717) is 6.54 Å². The highest BCUT2D eigenvalue weighted by molar-refractivity contribution is 4.74. The Morgan fingerprint density at radius 2 is 2.62 bits per heavy atom. The minimum Gasteiger partial charge on any atom is -0.269 e. The van der Waals surface area contributed by atoms with E-state index in [4.69, 9.17) is 0 Å². The van der Waals surface area contributed by atoms with E-state index in [0.717, 1.165) is 0 Å². The van der Waals surface area contributed by atoms with Crippen LogP contribution in [-0.4, -0.2) is 16.5 Å². The Morgan fingerprint density at radius 1 is 1.75 bits per heavy atom. The Hall–Kier alpha value is -0.860. The lowest BCUT2D eigenvalue weighted by Crippen LogP contribution is -1.98. The molecule has 1 aromatic heterocycles. The van der Waals surface area contributed by atoms with Crippen molar-refractivity contribution in [2.75, 3.05) is 6.67 Å². The fourth-order valence-corrected chi connectivity index (χ4v) is 0.471. The van der Waals surface area contributed by atoms with Crippen molar-refractivity contribution in [3.8, 4) is 0 Å². The van der Waals surface area contributed by atoms with Crippen LogP contribution in [0.1, 0.15) is 0 Å². The summed E-state index contributed by atoms with van der Waals surface area (Å²) in [6.45, 7) is -0.0288. The molecule has 1 radical (unpaired) electrons. The van der Waals surface area contributed by atoms with Crippen LogP contribution in [0.25, 0.3) is 0 Å². The van der Waals surface area contributed by atoms with E-state index < -0.39 is 0 Å². The zero-order chi connectivity index (χ0) is 5.82. The monoisotopic (exact) mass is 113 g/mol. The Kier molecular flexibility index (Phi) is 1.62. The molecule has 0 unspecified atom stereocenters. The van der Waals surface area contributed by atoms with Gasteiger partial charge in [0.05, 0.1) is 6.54 Å². The molecule has 8 heavy (non-hydrogen) atoms. The predicted molar refractivity (Wildman–Crippen MR) is 27.0 cm³/mol. The lowest BCUT2D eigenvalue weighted by molar-refractivity contribution is 0.427. The topological polar surface area (TPSA) is 17.8 Å². The first-order chi connectivity index (χ1) is 3.93. The van der Waals surface area contributed by atoms with Gasteiger partial charge in [-0.1, -0.05) is 0 Å². The van der Waals surface area contributed by atoms with E-state index in [1.807, 2.05) is 0 Å². The molecule has 0 fully saturated rings. The molecule has 0 N–H and O–H groups in total. The van der Waals surface area contributed by atoms with Crippen LogP contribution < -0.4 is 0 Å². The smallest absolute Gasteiger partial charge is 0.113 e. The molecule has 1 rings (SSSR count). The molecule has 0 saturated heterocycles. The van der Waals surface area contributed by atoms with Crippen LogP contribution in [-0.2, 0) is 6.54 Å². The molecule has 0 saturated carbocycles. The fourth-order valence-electron chi connectivity index (χ4n) is 0.471. The molecule has 0 aliphatic carbocycles. The number of aryl methyl sites for hydroxylation is 1. The summed E-state index contributed by atoms with van der Waals surface area (Å²) in [6.07, 6.45) is 4.24. The average molecular weight is 113 g/mol. The van der Waals surface area contributed by atoms with Crippen molar-refractivity contribution in [1.82, 2.24) is 9.78 Å². The van der Waals surface area contributed by atoms with Crippen molar-refractivity contribution in [1.29, 1.82) is 0 Å². The van der Waals surface area contributed by atoms with Gasteiger partial charge in [-0.05, 0) is 6.07 Å². The fraction of sp³-hybridized carbons (Fsp3) is 0.400. The molecular weight excluding hydrogens is 107 g/mol. The van der Waals surface area contributed by atoms with E-state index in [9.17, 15) is 4.39 Å². The van der Waals surface area contributed by atoms with Crippen molar-refractivity contribution in [2.24, 2.45) is 0 Å². The van der Waals surface area contributed by atoms with Gasteiger partial charge >= 0.3 is 0 Å². The predicted octanol–water partition coefficient (Wildman–Crippen LogP) is 0.653. The maximum atomic E-state index is 11.5. The van der Waals surface area contributed by atoms with E-state index in [2.05, 4.69) is 11.3 Å². The summed E-state index contributed by atoms with van der Waals surface area (Å²) < 4.78 is 13.0. The van der Waals surface area contributed by atoms with E-state index in [-0.39, 0.29) is 6.67 Å². The zero-order valence-corrected chi connectivity index (χ0v) is 4.34. The van der Waals surface area contributed by atoms with Crippen molar-refractivity contribution in [3.63, 3.8) is 0 Å². The minimum atomic E-state index is -0.366. The van der Waals surface area contributed by atoms with Crippen LogP contribution in [0.3, 0.4) is 0 Å². The Bertz CT molecular complexity index is 136. The highest BCUT2D eigenvalue weighted by atomic mass is 19.1. The molecule has 1 heterocycles. The van der Waals surface area contributed by atoms with Crippen molar-refractivity contribution in [3.05, 3.63) is 18.5 Å². The first-order valence-electron chi connectivity index (χ1n) is 2.39. The number of rotatable bonds is 2. The molecule has 3 heteroatoms. The lowest BCUT2D eigenvalue weighted by Gasteiger charge is -1.90. The highest BCUT2D eigenvalue weighted by Crippen LogP contribution is 1.82. The number of halogens is 1. The van der Waals surface area contributed by atoms with E-state index in [1.54, 1.807) is 12.3 Å². The second-order valence-electron chi connectivity index (χ2n) is 1.40. The normalized spacial score (nSPS) is 9.62. The summed E-state index contributed by atoms with van der Waals surface area (Å²) in [5.74, 6) is 0. The summed E-state index contributed by atoms with van der Waals surface area (Å²) in [5.41, 5.74) is 0. The Labute approximate surface area is 46.9 Å². The van der Waals surface area contributed by atoms with Gasteiger partial charge < -0.3 is 0 Å². The molecule has 0 spiro atoms. The van der Waals surface area contributed by atoms with Crippen LogP contribution in [0.5, 0.6) is 0 Å². The quantitative estimate of drug-likeness (QED) is 0.550. The van der Waals surface area contributed by atoms with Gasteiger partial charge in [0.1, 0.15) is 12.9 Å². The second kappa shape index (κ2) is 2.45. The number of hydrogen-bond acceptors (Lipinski definition) is 1. The highest BCUT2D eigenvalue weighted by Gasteiger charge is 1.85. The largest absolute Gasteiger partial charge is 0.269 e. The van der Waals surface area contributed by atoms with Gasteiger partial charge in [-0.25, -0.2) is 4.39 Å². The third kappa shape index (κ3) is 1.05. The Morgan fingerprint density at radius 3 is 3.12 bits per heavy atom. The number of alkyl halides is 1. The molecule has 0 bridgehead atoms. The molecule has 0 aliphatic rings. The van der Waals surface area contributed by atoms with Crippen molar-refractivity contribution < 1.29 is 4.39 Å². The standard InChI is InChI=1S/C5H6FN2/c6-2-5-8-4-1-3-7-8/h1,4H,2,5H2. The third-order valence-corrected chi connectivity index (χ3v) is 0.821. The van der Waals surface area contributed by atoms with Gasteiger partial charge in [0.2, 0.25) is 0 Å². The maximum absolute atomic E-state index is 11.5. The van der Waals surface area contributed by atoms with Crippen LogP contribution >= 0.6 is 0 Å². The average Bonchev–Trinajstić information content (AvgIpc) is 2.19. The van der Waals surface area contributed by atoms with Gasteiger partial charge in [-0.3, -0.25) is 4.68 Å². The molecule has 0 amide bonds. The maximum Gasteiger partial charge on any atom is 0.113 e. The van der Waals surface area contributed by atoms with Gasteiger partial charge in [-0.2, -0.15) is 5.10 Å². The number of nitrogens with zero attached hydrogens (tertiary/aromatic N) is 2.